The molecule has 0 heterocycles. The molecular formula is C9H12NO2P. The molecule has 13 heavy (non-hydrogen) atoms. The molecule has 1 rings (SSSR count). The maximum Gasteiger partial charge on any atom is 0.165 e. The zero-order valence-corrected chi connectivity index (χ0v) is 8.26. The van der Waals surface area contributed by atoms with Crippen LogP contribution in [0.1, 0.15) is 5.56 Å². The molecule has 0 saturated carbocycles. The van der Waals surface area contributed by atoms with E-state index in [1.54, 1.807) is 24.3 Å². The number of benzene rings is 1. The van der Waals surface area contributed by atoms with E-state index in [0.717, 1.165) is 5.56 Å². The summed E-state index contributed by atoms with van der Waals surface area (Å²) in [6, 6.07) is 6.19. The lowest BCUT2D eigenvalue weighted by atomic mass is 10.1. The maximum atomic E-state index is 10.8. The zero-order chi connectivity index (χ0) is 9.84. The maximum absolute atomic E-state index is 10.8. The van der Waals surface area contributed by atoms with E-state index in [2.05, 4.69) is 9.24 Å². The van der Waals surface area contributed by atoms with Crippen molar-refractivity contribution >= 4 is 14.8 Å². The summed E-state index contributed by atoms with van der Waals surface area (Å²) >= 11 is 0. The number of rotatable bonds is 3. The summed E-state index contributed by atoms with van der Waals surface area (Å²) in [6.45, 7) is 0. The van der Waals surface area contributed by atoms with Gasteiger partial charge in [0.1, 0.15) is 5.75 Å². The van der Waals surface area contributed by atoms with E-state index in [9.17, 15) is 4.79 Å². The second kappa shape index (κ2) is 4.35. The average Bonchev–Trinajstić information content (AvgIpc) is 2.08. The first-order valence-corrected chi connectivity index (χ1v) is 4.50. The molecule has 70 valence electrons. The Balaban J connectivity index is 2.64. The number of hydrogen-bond donors (Lipinski definition) is 2. The van der Waals surface area contributed by atoms with Crippen LogP contribution in [-0.4, -0.2) is 16.7 Å². The standard InChI is InChI=1S/C9H12NO2P/c10-8(9(12)13)5-6-1-3-7(11)4-2-6/h1-4,8,11H,5,10,13H2. The van der Waals surface area contributed by atoms with Crippen LogP contribution in [0.5, 0.6) is 5.75 Å². The van der Waals surface area contributed by atoms with Crippen LogP contribution in [0.3, 0.4) is 0 Å². The van der Waals surface area contributed by atoms with E-state index >= 15 is 0 Å². The van der Waals surface area contributed by atoms with Crippen molar-refractivity contribution in [3.05, 3.63) is 29.8 Å². The molecule has 1 aromatic rings. The summed E-state index contributed by atoms with van der Waals surface area (Å²) in [6.07, 6.45) is 0.503. The van der Waals surface area contributed by atoms with Crippen LogP contribution in [0.4, 0.5) is 0 Å². The first kappa shape index (κ1) is 10.2. The van der Waals surface area contributed by atoms with Gasteiger partial charge in [0.2, 0.25) is 0 Å². The first-order valence-electron chi connectivity index (χ1n) is 3.92. The Morgan fingerprint density at radius 1 is 1.46 bits per heavy atom. The molecule has 0 aromatic heterocycles. The van der Waals surface area contributed by atoms with Crippen LogP contribution in [0, 0.1) is 0 Å². The number of carbonyl (C=O) groups excluding carboxylic acids is 1. The van der Waals surface area contributed by atoms with Gasteiger partial charge in [-0.05, 0) is 24.1 Å². The molecule has 0 aliphatic heterocycles. The zero-order valence-electron chi connectivity index (χ0n) is 7.10. The Kier molecular flexibility index (Phi) is 3.40. The van der Waals surface area contributed by atoms with E-state index in [0.29, 0.717) is 6.42 Å². The molecule has 0 spiro atoms. The number of aromatic hydroxyl groups is 1. The predicted molar refractivity (Wildman–Crippen MR) is 54.5 cm³/mol. The molecule has 1 aromatic carbocycles. The lowest BCUT2D eigenvalue weighted by Crippen LogP contribution is -2.28. The van der Waals surface area contributed by atoms with Crippen molar-refractivity contribution in [2.45, 2.75) is 12.5 Å². The minimum absolute atomic E-state index is 0.104. The highest BCUT2D eigenvalue weighted by Gasteiger charge is 2.08. The van der Waals surface area contributed by atoms with Crippen molar-refractivity contribution in [2.24, 2.45) is 5.73 Å². The second-order valence-electron chi connectivity index (χ2n) is 2.88. The van der Waals surface area contributed by atoms with Crippen LogP contribution < -0.4 is 5.73 Å². The minimum Gasteiger partial charge on any atom is -0.508 e. The van der Waals surface area contributed by atoms with Crippen molar-refractivity contribution in [1.29, 1.82) is 0 Å². The summed E-state index contributed by atoms with van der Waals surface area (Å²) < 4.78 is 0. The van der Waals surface area contributed by atoms with E-state index in [-0.39, 0.29) is 11.3 Å². The highest BCUT2D eigenvalue weighted by Crippen LogP contribution is 2.11. The highest BCUT2D eigenvalue weighted by atomic mass is 31.0. The third kappa shape index (κ3) is 3.13. The van der Waals surface area contributed by atoms with Gasteiger partial charge in [0.15, 0.2) is 5.52 Å². The molecule has 3 nitrogen and oxygen atoms in total. The quantitative estimate of drug-likeness (QED) is 0.700. The van der Waals surface area contributed by atoms with Gasteiger partial charge in [0, 0.05) is 0 Å². The molecule has 2 atom stereocenters. The van der Waals surface area contributed by atoms with E-state index in [1.807, 2.05) is 0 Å². The summed E-state index contributed by atoms with van der Waals surface area (Å²) in [5.41, 5.74) is 6.40. The SMILES string of the molecule is NC(Cc1ccc(O)cc1)C(=O)P. The van der Waals surface area contributed by atoms with Gasteiger partial charge in [-0.2, -0.15) is 0 Å². The van der Waals surface area contributed by atoms with E-state index < -0.39 is 6.04 Å². The van der Waals surface area contributed by atoms with Gasteiger partial charge < -0.3 is 10.8 Å². The molecule has 0 bridgehead atoms. The number of hydrogen-bond acceptors (Lipinski definition) is 3. The predicted octanol–water partition coefficient (Wildman–Crippen LogP) is 0.664. The van der Waals surface area contributed by atoms with Gasteiger partial charge in [-0.1, -0.05) is 21.4 Å². The Bertz CT molecular complexity index is 297. The van der Waals surface area contributed by atoms with Gasteiger partial charge in [-0.3, -0.25) is 4.79 Å². The van der Waals surface area contributed by atoms with Crippen molar-refractivity contribution < 1.29 is 9.90 Å². The summed E-state index contributed by atoms with van der Waals surface area (Å²) in [4.78, 5) is 10.8. The Hall–Kier alpha value is -0.920. The third-order valence-corrected chi connectivity index (χ3v) is 2.19. The van der Waals surface area contributed by atoms with Crippen LogP contribution >= 0.6 is 9.24 Å². The minimum atomic E-state index is -0.477. The summed E-state index contributed by atoms with van der Waals surface area (Å²) in [5.74, 6) is 0.217. The van der Waals surface area contributed by atoms with Crippen molar-refractivity contribution in [2.75, 3.05) is 0 Å². The average molecular weight is 197 g/mol. The molecule has 0 aliphatic rings. The molecule has 0 fully saturated rings. The molecule has 0 radical (unpaired) electrons. The Morgan fingerprint density at radius 3 is 2.46 bits per heavy atom. The van der Waals surface area contributed by atoms with Gasteiger partial charge >= 0.3 is 0 Å². The monoisotopic (exact) mass is 197 g/mol. The van der Waals surface area contributed by atoms with Gasteiger partial charge in [0.05, 0.1) is 6.04 Å². The van der Waals surface area contributed by atoms with Crippen LogP contribution in [0.2, 0.25) is 0 Å². The summed E-state index contributed by atoms with van der Waals surface area (Å²) in [7, 11) is 2.06. The third-order valence-electron chi connectivity index (χ3n) is 1.76. The number of nitrogens with two attached hydrogens (primary N) is 1. The lowest BCUT2D eigenvalue weighted by Gasteiger charge is -2.06. The van der Waals surface area contributed by atoms with Gasteiger partial charge in [0.25, 0.3) is 0 Å². The fourth-order valence-electron chi connectivity index (χ4n) is 0.987. The van der Waals surface area contributed by atoms with E-state index in [4.69, 9.17) is 10.8 Å². The smallest absolute Gasteiger partial charge is 0.165 e. The number of phenols is 1. The fraction of sp³-hybridized carbons (Fsp3) is 0.222. The largest absolute Gasteiger partial charge is 0.508 e. The molecule has 4 heteroatoms. The normalized spacial score (nSPS) is 12.5. The lowest BCUT2D eigenvalue weighted by molar-refractivity contribution is -0.112. The van der Waals surface area contributed by atoms with Crippen LogP contribution in [0.25, 0.3) is 0 Å². The molecule has 0 aliphatic carbocycles. The highest BCUT2D eigenvalue weighted by molar-refractivity contribution is 7.40. The molecule has 0 saturated heterocycles. The Labute approximate surface area is 79.2 Å². The number of carbonyl (C=O) groups is 1. The van der Waals surface area contributed by atoms with E-state index in [1.165, 1.54) is 0 Å². The number of phenolic OH excluding ortho intramolecular Hbond substituents is 1. The van der Waals surface area contributed by atoms with Crippen LogP contribution in [0.15, 0.2) is 24.3 Å². The van der Waals surface area contributed by atoms with Crippen molar-refractivity contribution in [1.82, 2.24) is 0 Å². The van der Waals surface area contributed by atoms with Gasteiger partial charge in [-0.15, -0.1) is 0 Å². The van der Waals surface area contributed by atoms with Gasteiger partial charge in [-0.25, -0.2) is 0 Å². The topological polar surface area (TPSA) is 63.3 Å². The van der Waals surface area contributed by atoms with Crippen LogP contribution in [-0.2, 0) is 11.2 Å². The molecule has 3 N–H and O–H groups in total. The Morgan fingerprint density at radius 2 is 2.00 bits per heavy atom. The molecule has 0 amide bonds. The van der Waals surface area contributed by atoms with Crippen molar-refractivity contribution in [3.63, 3.8) is 0 Å². The fourth-order valence-corrected chi connectivity index (χ4v) is 1.10. The summed E-state index contributed by atoms with van der Waals surface area (Å²) in [5, 5.41) is 9.00. The molecule has 2 unspecified atom stereocenters. The molecular weight excluding hydrogens is 185 g/mol. The second-order valence-corrected chi connectivity index (χ2v) is 3.45. The first-order chi connectivity index (χ1) is 6.09. The van der Waals surface area contributed by atoms with Crippen molar-refractivity contribution in [3.8, 4) is 5.75 Å².